The summed E-state index contributed by atoms with van der Waals surface area (Å²) >= 11 is 0. The maximum absolute atomic E-state index is 12.8. The summed E-state index contributed by atoms with van der Waals surface area (Å²) in [5, 5.41) is 11.8. The Bertz CT molecular complexity index is 633. The van der Waals surface area contributed by atoms with E-state index in [1.165, 1.54) is 4.90 Å². The summed E-state index contributed by atoms with van der Waals surface area (Å²) in [6.07, 6.45) is 1.60. The summed E-state index contributed by atoms with van der Waals surface area (Å²) in [7, 11) is 0. The molecule has 142 valence electrons. The second-order valence-electron chi connectivity index (χ2n) is 7.05. The summed E-state index contributed by atoms with van der Waals surface area (Å²) in [6.45, 7) is 4.64. The molecule has 3 N–H and O–H groups in total. The molecule has 3 amide bonds. The minimum Gasteiger partial charge on any atom is -0.350 e. The standard InChI is InChI=1S/C19H27N3O4/c1-13(2)11-15(17(23)21-26)19(25)22-10-6-9-16(22)18(24)20-12-14-7-4-3-5-8-14/h3-5,7-8,13,15-16,26H,6,9-12H2,1-2H3,(H,20,24)(H,21,23). The van der Waals surface area contributed by atoms with Crippen LogP contribution in [0.2, 0.25) is 0 Å². The lowest BCUT2D eigenvalue weighted by Gasteiger charge is -2.28. The molecule has 1 aliphatic rings. The van der Waals surface area contributed by atoms with E-state index in [-0.39, 0.29) is 11.8 Å². The number of benzene rings is 1. The fourth-order valence-electron chi connectivity index (χ4n) is 3.28. The van der Waals surface area contributed by atoms with Gasteiger partial charge in [-0.2, -0.15) is 0 Å². The van der Waals surface area contributed by atoms with Crippen LogP contribution < -0.4 is 10.8 Å². The molecule has 2 rings (SSSR count). The van der Waals surface area contributed by atoms with Gasteiger partial charge in [0, 0.05) is 13.1 Å². The van der Waals surface area contributed by atoms with Crippen LogP contribution in [0, 0.1) is 11.8 Å². The molecule has 26 heavy (non-hydrogen) atoms. The second kappa shape index (κ2) is 9.33. The number of rotatable bonds is 7. The lowest BCUT2D eigenvalue weighted by Crippen LogP contribution is -2.50. The summed E-state index contributed by atoms with van der Waals surface area (Å²) in [4.78, 5) is 38.8. The molecule has 1 saturated heterocycles. The fraction of sp³-hybridized carbons (Fsp3) is 0.526. The first-order chi connectivity index (χ1) is 12.4. The van der Waals surface area contributed by atoms with Gasteiger partial charge in [0.2, 0.25) is 11.8 Å². The zero-order chi connectivity index (χ0) is 19.1. The monoisotopic (exact) mass is 361 g/mol. The van der Waals surface area contributed by atoms with E-state index in [0.29, 0.717) is 32.4 Å². The van der Waals surface area contributed by atoms with Crippen molar-refractivity contribution in [3.63, 3.8) is 0 Å². The van der Waals surface area contributed by atoms with Gasteiger partial charge in [0.1, 0.15) is 12.0 Å². The predicted octanol–water partition coefficient (Wildman–Crippen LogP) is 1.46. The molecule has 1 fully saturated rings. The number of carbonyl (C=O) groups excluding carboxylic acids is 3. The quantitative estimate of drug-likeness (QED) is 0.389. The van der Waals surface area contributed by atoms with Crippen molar-refractivity contribution in [3.8, 4) is 0 Å². The summed E-state index contributed by atoms with van der Waals surface area (Å²) in [6, 6.07) is 8.97. The van der Waals surface area contributed by atoms with Crippen molar-refractivity contribution in [1.82, 2.24) is 15.7 Å². The highest BCUT2D eigenvalue weighted by Crippen LogP contribution is 2.23. The van der Waals surface area contributed by atoms with Gasteiger partial charge in [-0.3, -0.25) is 19.6 Å². The van der Waals surface area contributed by atoms with E-state index in [4.69, 9.17) is 5.21 Å². The molecule has 0 bridgehead atoms. The molecule has 0 aromatic heterocycles. The van der Waals surface area contributed by atoms with E-state index in [2.05, 4.69) is 5.32 Å². The largest absolute Gasteiger partial charge is 0.350 e. The third-order valence-corrected chi connectivity index (χ3v) is 4.58. The Kier molecular flexibility index (Phi) is 7.15. The van der Waals surface area contributed by atoms with E-state index in [9.17, 15) is 14.4 Å². The van der Waals surface area contributed by atoms with Crippen molar-refractivity contribution in [2.24, 2.45) is 11.8 Å². The lowest BCUT2D eigenvalue weighted by atomic mass is 9.94. The highest BCUT2D eigenvalue weighted by atomic mass is 16.5. The number of hydroxylamine groups is 1. The number of nitrogens with one attached hydrogen (secondary N) is 2. The van der Waals surface area contributed by atoms with Crippen LogP contribution in [-0.2, 0) is 20.9 Å². The Labute approximate surface area is 153 Å². The van der Waals surface area contributed by atoms with Crippen LogP contribution in [0.15, 0.2) is 30.3 Å². The van der Waals surface area contributed by atoms with Gasteiger partial charge < -0.3 is 10.2 Å². The van der Waals surface area contributed by atoms with Crippen LogP contribution in [-0.4, -0.2) is 40.4 Å². The predicted molar refractivity (Wildman–Crippen MR) is 95.9 cm³/mol. The highest BCUT2D eigenvalue weighted by molar-refractivity contribution is 6.01. The van der Waals surface area contributed by atoms with Gasteiger partial charge in [-0.15, -0.1) is 0 Å². The van der Waals surface area contributed by atoms with Gasteiger partial charge in [0.05, 0.1) is 0 Å². The Balaban J connectivity index is 2.03. The van der Waals surface area contributed by atoms with Gasteiger partial charge >= 0.3 is 0 Å². The zero-order valence-electron chi connectivity index (χ0n) is 15.3. The first-order valence-electron chi connectivity index (χ1n) is 9.00. The molecule has 0 aliphatic carbocycles. The van der Waals surface area contributed by atoms with Crippen LogP contribution >= 0.6 is 0 Å². The summed E-state index contributed by atoms with van der Waals surface area (Å²) < 4.78 is 0. The number of hydrogen-bond acceptors (Lipinski definition) is 4. The number of likely N-dealkylation sites (tertiary alicyclic amines) is 1. The average molecular weight is 361 g/mol. The number of carbonyl (C=O) groups is 3. The molecule has 0 spiro atoms. The van der Waals surface area contributed by atoms with E-state index < -0.39 is 23.8 Å². The van der Waals surface area contributed by atoms with E-state index in [1.807, 2.05) is 44.2 Å². The molecule has 1 heterocycles. The normalized spacial score (nSPS) is 17.8. The van der Waals surface area contributed by atoms with Crippen LogP contribution in [0.5, 0.6) is 0 Å². The smallest absolute Gasteiger partial charge is 0.255 e. The molecular weight excluding hydrogens is 334 g/mol. The minimum absolute atomic E-state index is 0.106. The molecule has 1 aromatic rings. The van der Waals surface area contributed by atoms with Crippen molar-refractivity contribution >= 4 is 17.7 Å². The molecule has 0 saturated carbocycles. The van der Waals surface area contributed by atoms with E-state index >= 15 is 0 Å². The maximum Gasteiger partial charge on any atom is 0.255 e. The summed E-state index contributed by atoms with van der Waals surface area (Å²) in [5.74, 6) is -2.22. The Hall–Kier alpha value is -2.41. The third kappa shape index (κ3) is 5.05. The number of amides is 3. The van der Waals surface area contributed by atoms with E-state index in [1.54, 1.807) is 5.48 Å². The SMILES string of the molecule is CC(C)CC(C(=O)NO)C(=O)N1CCCC1C(=O)NCc1ccccc1. The van der Waals surface area contributed by atoms with Crippen molar-refractivity contribution in [2.75, 3.05) is 6.54 Å². The summed E-state index contributed by atoms with van der Waals surface area (Å²) in [5.41, 5.74) is 2.56. The first kappa shape index (κ1) is 19.9. The molecule has 1 aliphatic heterocycles. The third-order valence-electron chi connectivity index (χ3n) is 4.58. The van der Waals surface area contributed by atoms with Crippen molar-refractivity contribution in [3.05, 3.63) is 35.9 Å². The van der Waals surface area contributed by atoms with Gasteiger partial charge in [-0.1, -0.05) is 44.2 Å². The lowest BCUT2D eigenvalue weighted by molar-refractivity contribution is -0.149. The fourth-order valence-corrected chi connectivity index (χ4v) is 3.28. The van der Waals surface area contributed by atoms with Crippen molar-refractivity contribution in [2.45, 2.75) is 45.7 Å². The van der Waals surface area contributed by atoms with E-state index in [0.717, 1.165) is 5.56 Å². The van der Waals surface area contributed by atoms with Crippen LogP contribution in [0.4, 0.5) is 0 Å². The Morgan fingerprint density at radius 2 is 1.92 bits per heavy atom. The van der Waals surface area contributed by atoms with Crippen molar-refractivity contribution < 1.29 is 19.6 Å². The first-order valence-corrected chi connectivity index (χ1v) is 9.00. The number of nitrogens with zero attached hydrogens (tertiary/aromatic N) is 1. The molecule has 7 heteroatoms. The molecule has 2 atom stereocenters. The maximum atomic E-state index is 12.8. The second-order valence-corrected chi connectivity index (χ2v) is 7.05. The minimum atomic E-state index is -0.984. The molecule has 2 unspecified atom stereocenters. The Morgan fingerprint density at radius 3 is 2.54 bits per heavy atom. The topological polar surface area (TPSA) is 98.7 Å². The highest BCUT2D eigenvalue weighted by Gasteiger charge is 2.39. The van der Waals surface area contributed by atoms with Gasteiger partial charge in [-0.25, -0.2) is 5.48 Å². The van der Waals surface area contributed by atoms with Crippen molar-refractivity contribution in [1.29, 1.82) is 0 Å². The van der Waals surface area contributed by atoms with Gasteiger partial charge in [0.25, 0.3) is 5.91 Å². The molecule has 7 nitrogen and oxygen atoms in total. The van der Waals surface area contributed by atoms with Crippen LogP contribution in [0.3, 0.4) is 0 Å². The molecular formula is C19H27N3O4. The molecule has 0 radical (unpaired) electrons. The van der Waals surface area contributed by atoms with Gasteiger partial charge in [-0.05, 0) is 30.7 Å². The number of hydrogen-bond donors (Lipinski definition) is 3. The Morgan fingerprint density at radius 1 is 1.23 bits per heavy atom. The van der Waals surface area contributed by atoms with Crippen LogP contribution in [0.1, 0.15) is 38.7 Å². The zero-order valence-corrected chi connectivity index (χ0v) is 15.3. The van der Waals surface area contributed by atoms with Gasteiger partial charge in [0.15, 0.2) is 0 Å². The average Bonchev–Trinajstić information content (AvgIpc) is 3.13. The van der Waals surface area contributed by atoms with Crippen LogP contribution in [0.25, 0.3) is 0 Å². The molecule has 1 aromatic carbocycles.